The lowest BCUT2D eigenvalue weighted by atomic mass is 9.90. The van der Waals surface area contributed by atoms with E-state index in [4.69, 9.17) is 46.4 Å². The molecule has 2 atom stereocenters. The molecule has 1 saturated carbocycles. The number of rotatable bonds is 4. The van der Waals surface area contributed by atoms with Gasteiger partial charge < -0.3 is 21.3 Å². The quantitative estimate of drug-likeness (QED) is 0.392. The van der Waals surface area contributed by atoms with Gasteiger partial charge in [-0.15, -0.1) is 0 Å². The zero-order chi connectivity index (χ0) is 21.7. The maximum absolute atomic E-state index is 12.4. The molecule has 4 amide bonds. The van der Waals surface area contributed by atoms with E-state index in [-0.39, 0.29) is 24.1 Å². The predicted octanol–water partition coefficient (Wildman–Crippen LogP) is 6.55. The van der Waals surface area contributed by atoms with Crippen molar-refractivity contribution in [1.29, 1.82) is 0 Å². The number of benzene rings is 2. The van der Waals surface area contributed by atoms with Crippen LogP contribution in [0.3, 0.4) is 0 Å². The molecule has 0 bridgehead atoms. The maximum Gasteiger partial charge on any atom is 0.319 e. The van der Waals surface area contributed by atoms with E-state index in [1.54, 1.807) is 36.4 Å². The van der Waals surface area contributed by atoms with Crippen LogP contribution in [-0.4, -0.2) is 24.1 Å². The number of hydrogen-bond acceptors (Lipinski definition) is 2. The molecular formula is C20H20Cl4N4O2. The highest BCUT2D eigenvalue weighted by Crippen LogP contribution is 2.26. The predicted molar refractivity (Wildman–Crippen MR) is 123 cm³/mol. The van der Waals surface area contributed by atoms with Crippen LogP contribution < -0.4 is 21.3 Å². The largest absolute Gasteiger partial charge is 0.333 e. The van der Waals surface area contributed by atoms with E-state index in [9.17, 15) is 9.59 Å². The van der Waals surface area contributed by atoms with Crippen LogP contribution in [0.15, 0.2) is 36.4 Å². The maximum atomic E-state index is 12.4. The van der Waals surface area contributed by atoms with Gasteiger partial charge in [0.25, 0.3) is 0 Å². The average molecular weight is 490 g/mol. The van der Waals surface area contributed by atoms with Crippen LogP contribution in [0, 0.1) is 0 Å². The lowest BCUT2D eigenvalue weighted by Crippen LogP contribution is -2.54. The van der Waals surface area contributed by atoms with Crippen molar-refractivity contribution in [3.05, 3.63) is 56.5 Å². The van der Waals surface area contributed by atoms with Crippen LogP contribution >= 0.6 is 46.4 Å². The highest BCUT2D eigenvalue weighted by atomic mass is 35.5. The number of anilines is 2. The van der Waals surface area contributed by atoms with Crippen LogP contribution in [0.2, 0.25) is 20.1 Å². The van der Waals surface area contributed by atoms with Crippen molar-refractivity contribution in [2.24, 2.45) is 0 Å². The second-order valence-corrected chi connectivity index (χ2v) is 8.58. The molecule has 1 fully saturated rings. The first-order chi connectivity index (χ1) is 14.3. The Morgan fingerprint density at radius 2 is 1.07 bits per heavy atom. The van der Waals surface area contributed by atoms with Crippen LogP contribution in [0.4, 0.5) is 21.0 Å². The summed E-state index contributed by atoms with van der Waals surface area (Å²) in [5, 5.41) is 12.9. The molecule has 10 heteroatoms. The molecule has 0 aromatic heterocycles. The molecule has 2 unspecified atom stereocenters. The highest BCUT2D eigenvalue weighted by Gasteiger charge is 2.28. The molecular weight excluding hydrogens is 470 g/mol. The minimum Gasteiger partial charge on any atom is -0.333 e. The third-order valence-corrected chi connectivity index (χ3v) is 6.23. The molecule has 30 heavy (non-hydrogen) atoms. The summed E-state index contributed by atoms with van der Waals surface area (Å²) in [6, 6.07) is 8.52. The third-order valence-electron chi connectivity index (χ3n) is 4.75. The normalized spacial score (nSPS) is 18.4. The first kappa shape index (κ1) is 22.8. The zero-order valence-electron chi connectivity index (χ0n) is 15.8. The first-order valence-corrected chi connectivity index (χ1v) is 10.9. The Morgan fingerprint density at radius 1 is 0.667 bits per heavy atom. The van der Waals surface area contributed by atoms with E-state index in [2.05, 4.69) is 21.3 Å². The number of urea groups is 2. The number of hydrogen-bond donors (Lipinski definition) is 4. The number of halogens is 4. The molecule has 2 aromatic carbocycles. The lowest BCUT2D eigenvalue weighted by Gasteiger charge is -2.32. The summed E-state index contributed by atoms with van der Waals surface area (Å²) in [7, 11) is 0. The molecule has 1 aliphatic carbocycles. The molecule has 2 aromatic rings. The van der Waals surface area contributed by atoms with Gasteiger partial charge in [-0.25, -0.2) is 9.59 Å². The topological polar surface area (TPSA) is 82.3 Å². The van der Waals surface area contributed by atoms with E-state index in [0.717, 1.165) is 25.7 Å². The van der Waals surface area contributed by atoms with Gasteiger partial charge in [0.1, 0.15) is 0 Å². The minimum absolute atomic E-state index is 0.207. The summed E-state index contributed by atoms with van der Waals surface area (Å²) in [4.78, 5) is 24.8. The van der Waals surface area contributed by atoms with E-state index in [1.807, 2.05) is 0 Å². The molecule has 1 aliphatic rings. The van der Waals surface area contributed by atoms with Gasteiger partial charge in [0.15, 0.2) is 0 Å². The van der Waals surface area contributed by atoms with Crippen molar-refractivity contribution in [3.8, 4) is 0 Å². The van der Waals surface area contributed by atoms with Gasteiger partial charge in [-0.2, -0.15) is 0 Å². The van der Waals surface area contributed by atoms with Gasteiger partial charge in [-0.1, -0.05) is 59.2 Å². The number of carbonyl (C=O) groups is 2. The van der Waals surface area contributed by atoms with Gasteiger partial charge >= 0.3 is 12.1 Å². The standard InChI is InChI=1S/C20H20Cl4N4O2/c21-13-7-5-11(9-15(13)23)25-19(29)27-17-3-1-2-4-18(17)28-20(30)26-12-6-8-14(22)16(24)10-12/h5-10,17-18H,1-4H2,(H2,25,27,29)(H2,26,28,30). The molecule has 6 nitrogen and oxygen atoms in total. The lowest BCUT2D eigenvalue weighted by molar-refractivity contribution is 0.225. The van der Waals surface area contributed by atoms with Crippen LogP contribution in [0.1, 0.15) is 25.7 Å². The summed E-state index contributed by atoms with van der Waals surface area (Å²) in [6.07, 6.45) is 3.44. The van der Waals surface area contributed by atoms with E-state index in [0.29, 0.717) is 31.5 Å². The van der Waals surface area contributed by atoms with Gasteiger partial charge in [-0.3, -0.25) is 0 Å². The Balaban J connectivity index is 1.57. The fourth-order valence-corrected chi connectivity index (χ4v) is 3.89. The van der Waals surface area contributed by atoms with Gasteiger partial charge in [0.05, 0.1) is 32.2 Å². The Kier molecular flexibility index (Phi) is 7.94. The Morgan fingerprint density at radius 3 is 1.43 bits per heavy atom. The monoisotopic (exact) mass is 488 g/mol. The Bertz CT molecular complexity index is 866. The van der Waals surface area contributed by atoms with Crippen LogP contribution in [-0.2, 0) is 0 Å². The molecule has 0 heterocycles. The van der Waals surface area contributed by atoms with Crippen molar-refractivity contribution in [1.82, 2.24) is 10.6 Å². The summed E-state index contributed by atoms with van der Waals surface area (Å²) in [5.41, 5.74) is 1.05. The smallest absolute Gasteiger partial charge is 0.319 e. The highest BCUT2D eigenvalue weighted by molar-refractivity contribution is 6.42. The Hall–Kier alpha value is -1.86. The number of carbonyl (C=O) groups excluding carboxylic acids is 2. The summed E-state index contributed by atoms with van der Waals surface area (Å²) in [5.74, 6) is 0. The molecule has 0 aliphatic heterocycles. The van der Waals surface area contributed by atoms with Crippen molar-refractivity contribution < 1.29 is 9.59 Å². The molecule has 0 radical (unpaired) electrons. The minimum atomic E-state index is -0.378. The van der Waals surface area contributed by atoms with Crippen molar-refractivity contribution in [3.63, 3.8) is 0 Å². The second kappa shape index (κ2) is 10.4. The molecule has 160 valence electrons. The molecule has 4 N–H and O–H groups in total. The van der Waals surface area contributed by atoms with Crippen molar-refractivity contribution >= 4 is 69.8 Å². The fourth-order valence-electron chi connectivity index (χ4n) is 3.30. The summed E-state index contributed by atoms with van der Waals surface area (Å²) in [6.45, 7) is 0. The molecule has 0 spiro atoms. The third kappa shape index (κ3) is 6.32. The van der Waals surface area contributed by atoms with E-state index < -0.39 is 0 Å². The second-order valence-electron chi connectivity index (χ2n) is 6.95. The zero-order valence-corrected chi connectivity index (χ0v) is 18.8. The molecule has 3 rings (SSSR count). The van der Waals surface area contributed by atoms with Gasteiger partial charge in [-0.05, 0) is 49.2 Å². The Labute approximate surface area is 194 Å². The SMILES string of the molecule is O=C(Nc1ccc(Cl)c(Cl)c1)NC1CCCCC1NC(=O)Nc1ccc(Cl)c(Cl)c1. The van der Waals surface area contributed by atoms with Crippen LogP contribution in [0.5, 0.6) is 0 Å². The van der Waals surface area contributed by atoms with Gasteiger partial charge in [0, 0.05) is 11.4 Å². The fraction of sp³-hybridized carbons (Fsp3) is 0.300. The number of nitrogens with one attached hydrogen (secondary N) is 4. The number of amides is 4. The summed E-state index contributed by atoms with van der Waals surface area (Å²) >= 11 is 23.8. The summed E-state index contributed by atoms with van der Waals surface area (Å²) < 4.78 is 0. The van der Waals surface area contributed by atoms with Crippen LogP contribution in [0.25, 0.3) is 0 Å². The van der Waals surface area contributed by atoms with E-state index in [1.165, 1.54) is 0 Å². The first-order valence-electron chi connectivity index (χ1n) is 9.37. The van der Waals surface area contributed by atoms with Gasteiger partial charge in [0.2, 0.25) is 0 Å². The average Bonchev–Trinajstić information content (AvgIpc) is 2.69. The van der Waals surface area contributed by atoms with E-state index >= 15 is 0 Å². The van der Waals surface area contributed by atoms with Crippen molar-refractivity contribution in [2.75, 3.05) is 10.6 Å². The molecule has 0 saturated heterocycles. The van der Waals surface area contributed by atoms with Crippen molar-refractivity contribution in [2.45, 2.75) is 37.8 Å².